The van der Waals surface area contributed by atoms with Crippen LogP contribution in [0.3, 0.4) is 0 Å². The van der Waals surface area contributed by atoms with E-state index in [0.29, 0.717) is 0 Å². The van der Waals surface area contributed by atoms with Crippen LogP contribution in [0.25, 0.3) is 0 Å². The van der Waals surface area contributed by atoms with Gasteiger partial charge < -0.3 is 37.0 Å². The maximum atomic E-state index is 12.0. The van der Waals surface area contributed by atoms with Gasteiger partial charge in [0.2, 0.25) is 17.7 Å². The summed E-state index contributed by atoms with van der Waals surface area (Å²) in [6.45, 7) is 0.540. The monoisotopic (exact) mass is 390 g/mol. The SMILES string of the molecule is C[C@H](NC(=O)[C@H](CCC(=O)O)NC(=O)CNC(=O)[C@@H](N)CC(=O)O)C(=O)O. The van der Waals surface area contributed by atoms with Crippen molar-refractivity contribution in [3.05, 3.63) is 0 Å². The van der Waals surface area contributed by atoms with E-state index in [1.807, 2.05) is 0 Å². The highest BCUT2D eigenvalue weighted by Crippen LogP contribution is 1.99. The molecule has 0 rings (SSSR count). The number of aliphatic carboxylic acids is 3. The Labute approximate surface area is 153 Å². The molecule has 27 heavy (non-hydrogen) atoms. The summed E-state index contributed by atoms with van der Waals surface area (Å²) >= 11 is 0. The molecule has 0 aromatic carbocycles. The van der Waals surface area contributed by atoms with Crippen LogP contribution >= 0.6 is 0 Å². The van der Waals surface area contributed by atoms with Crippen molar-refractivity contribution in [3.63, 3.8) is 0 Å². The molecule has 152 valence electrons. The lowest BCUT2D eigenvalue weighted by molar-refractivity contribution is -0.142. The molecule has 0 saturated carbocycles. The second-order valence-electron chi connectivity index (χ2n) is 5.54. The zero-order valence-electron chi connectivity index (χ0n) is 14.4. The molecule has 0 heterocycles. The average Bonchev–Trinajstić information content (AvgIpc) is 2.55. The number of hydrogen-bond acceptors (Lipinski definition) is 7. The second kappa shape index (κ2) is 11.4. The second-order valence-corrected chi connectivity index (χ2v) is 5.54. The van der Waals surface area contributed by atoms with Gasteiger partial charge in [-0.05, 0) is 13.3 Å². The molecule has 0 unspecified atom stereocenters. The summed E-state index contributed by atoms with van der Waals surface area (Å²) in [5.41, 5.74) is 5.31. The smallest absolute Gasteiger partial charge is 0.325 e. The van der Waals surface area contributed by atoms with Gasteiger partial charge in [0, 0.05) is 6.42 Å². The highest BCUT2D eigenvalue weighted by molar-refractivity contribution is 5.93. The van der Waals surface area contributed by atoms with E-state index in [4.69, 9.17) is 21.1 Å². The van der Waals surface area contributed by atoms with Crippen LogP contribution in [0.2, 0.25) is 0 Å². The van der Waals surface area contributed by atoms with Gasteiger partial charge in [-0.15, -0.1) is 0 Å². The zero-order valence-corrected chi connectivity index (χ0v) is 14.4. The van der Waals surface area contributed by atoms with Gasteiger partial charge in [-0.1, -0.05) is 0 Å². The Kier molecular flexibility index (Phi) is 10.0. The number of amides is 3. The van der Waals surface area contributed by atoms with Gasteiger partial charge >= 0.3 is 17.9 Å². The fourth-order valence-corrected chi connectivity index (χ4v) is 1.74. The Balaban J connectivity index is 4.75. The van der Waals surface area contributed by atoms with Crippen LogP contribution in [0.5, 0.6) is 0 Å². The maximum Gasteiger partial charge on any atom is 0.325 e. The largest absolute Gasteiger partial charge is 0.481 e. The standard InChI is InChI=1S/C14H22N4O9/c1-6(14(26)27)17-13(25)8(2-3-10(20)21)18-9(19)5-16-12(24)7(15)4-11(22)23/h6-8H,2-5,15H2,1H3,(H,16,24)(H,17,25)(H,18,19)(H,20,21)(H,22,23)(H,26,27)/t6-,7-,8-/m0/s1. The molecule has 3 atom stereocenters. The molecule has 8 N–H and O–H groups in total. The van der Waals surface area contributed by atoms with Crippen molar-refractivity contribution in [2.75, 3.05) is 6.54 Å². The van der Waals surface area contributed by atoms with E-state index in [9.17, 15) is 28.8 Å². The van der Waals surface area contributed by atoms with Gasteiger partial charge in [-0.25, -0.2) is 0 Å². The molecule has 0 spiro atoms. The van der Waals surface area contributed by atoms with E-state index >= 15 is 0 Å². The summed E-state index contributed by atoms with van der Waals surface area (Å²) in [5.74, 6) is -6.56. The lowest BCUT2D eigenvalue weighted by Crippen LogP contribution is -2.53. The van der Waals surface area contributed by atoms with E-state index in [0.717, 1.165) is 0 Å². The van der Waals surface area contributed by atoms with Crippen molar-refractivity contribution in [1.29, 1.82) is 0 Å². The number of nitrogens with one attached hydrogen (secondary N) is 3. The first-order valence-electron chi connectivity index (χ1n) is 7.73. The minimum Gasteiger partial charge on any atom is -0.481 e. The molecule has 0 aromatic rings. The molecule has 3 amide bonds. The van der Waals surface area contributed by atoms with E-state index in [1.165, 1.54) is 6.92 Å². The molecular formula is C14H22N4O9. The molecule has 0 bridgehead atoms. The predicted octanol–water partition coefficient (Wildman–Crippen LogP) is -3.16. The number of hydrogen-bond donors (Lipinski definition) is 7. The Hall–Kier alpha value is -3.22. The molecule has 0 fully saturated rings. The molecule has 0 aliphatic rings. The van der Waals surface area contributed by atoms with Crippen LogP contribution < -0.4 is 21.7 Å². The van der Waals surface area contributed by atoms with E-state index in [1.54, 1.807) is 0 Å². The predicted molar refractivity (Wildman–Crippen MR) is 87.3 cm³/mol. The summed E-state index contributed by atoms with van der Waals surface area (Å²) in [6.07, 6.45) is -1.44. The molecular weight excluding hydrogens is 368 g/mol. The van der Waals surface area contributed by atoms with Gasteiger partial charge in [0.1, 0.15) is 12.1 Å². The lowest BCUT2D eigenvalue weighted by Gasteiger charge is -2.19. The molecule has 0 aliphatic carbocycles. The van der Waals surface area contributed by atoms with Gasteiger partial charge in [0.15, 0.2) is 0 Å². The van der Waals surface area contributed by atoms with Crippen molar-refractivity contribution >= 4 is 35.6 Å². The van der Waals surface area contributed by atoms with Crippen molar-refractivity contribution in [1.82, 2.24) is 16.0 Å². The summed E-state index contributed by atoms with van der Waals surface area (Å²) in [6, 6.07) is -3.99. The van der Waals surface area contributed by atoms with E-state index in [-0.39, 0.29) is 6.42 Å². The van der Waals surface area contributed by atoms with Gasteiger partial charge in [0.25, 0.3) is 0 Å². The number of carbonyl (C=O) groups is 6. The minimum atomic E-state index is -1.38. The average molecular weight is 390 g/mol. The Morgan fingerprint density at radius 2 is 1.52 bits per heavy atom. The quantitative estimate of drug-likeness (QED) is 0.177. The number of carboxylic acids is 3. The third-order valence-electron chi connectivity index (χ3n) is 3.18. The van der Waals surface area contributed by atoms with Crippen LogP contribution in [0.1, 0.15) is 26.2 Å². The Bertz CT molecular complexity index is 607. The number of rotatable bonds is 12. The summed E-state index contributed by atoms with van der Waals surface area (Å²) in [4.78, 5) is 67.3. The topological polar surface area (TPSA) is 225 Å². The van der Waals surface area contributed by atoms with Crippen LogP contribution in [0.4, 0.5) is 0 Å². The van der Waals surface area contributed by atoms with Crippen LogP contribution in [-0.4, -0.2) is 75.6 Å². The Morgan fingerprint density at radius 1 is 0.926 bits per heavy atom. The van der Waals surface area contributed by atoms with Crippen LogP contribution in [0, 0.1) is 0 Å². The van der Waals surface area contributed by atoms with E-state index in [2.05, 4.69) is 16.0 Å². The Morgan fingerprint density at radius 3 is 2.00 bits per heavy atom. The van der Waals surface area contributed by atoms with Crippen molar-refractivity contribution in [2.24, 2.45) is 5.73 Å². The van der Waals surface area contributed by atoms with Crippen LogP contribution in [0.15, 0.2) is 0 Å². The van der Waals surface area contributed by atoms with Crippen molar-refractivity contribution in [3.8, 4) is 0 Å². The first-order valence-corrected chi connectivity index (χ1v) is 7.73. The fourth-order valence-electron chi connectivity index (χ4n) is 1.74. The number of carbonyl (C=O) groups excluding carboxylic acids is 3. The maximum absolute atomic E-state index is 12.0. The lowest BCUT2D eigenvalue weighted by atomic mass is 10.1. The highest BCUT2D eigenvalue weighted by Gasteiger charge is 2.25. The first-order chi connectivity index (χ1) is 12.4. The third-order valence-corrected chi connectivity index (χ3v) is 3.18. The normalized spacial score (nSPS) is 13.6. The first kappa shape index (κ1) is 23.8. The number of carboxylic acid groups (broad SMARTS) is 3. The molecule has 13 nitrogen and oxygen atoms in total. The van der Waals surface area contributed by atoms with E-state index < -0.39 is 73.1 Å². The summed E-state index contributed by atoms with van der Waals surface area (Å²) < 4.78 is 0. The summed E-state index contributed by atoms with van der Waals surface area (Å²) in [7, 11) is 0. The molecule has 0 radical (unpaired) electrons. The van der Waals surface area contributed by atoms with Crippen molar-refractivity contribution in [2.45, 2.75) is 44.3 Å². The van der Waals surface area contributed by atoms with Crippen molar-refractivity contribution < 1.29 is 44.1 Å². The third kappa shape index (κ3) is 10.4. The molecule has 0 saturated heterocycles. The van der Waals surface area contributed by atoms with Gasteiger partial charge in [-0.2, -0.15) is 0 Å². The molecule has 13 heteroatoms. The molecule has 0 aromatic heterocycles. The highest BCUT2D eigenvalue weighted by atomic mass is 16.4. The zero-order chi connectivity index (χ0) is 21.1. The molecule has 0 aliphatic heterocycles. The number of nitrogens with two attached hydrogens (primary N) is 1. The van der Waals surface area contributed by atoms with Gasteiger partial charge in [0.05, 0.1) is 19.0 Å². The van der Waals surface area contributed by atoms with Crippen LogP contribution in [-0.2, 0) is 28.8 Å². The minimum absolute atomic E-state index is 0.314. The summed E-state index contributed by atoms with van der Waals surface area (Å²) in [5, 5.41) is 32.3. The van der Waals surface area contributed by atoms with Gasteiger partial charge in [-0.3, -0.25) is 28.8 Å². The fraction of sp³-hybridized carbons (Fsp3) is 0.571.